The first-order valence-corrected chi connectivity index (χ1v) is 6.59. The molecule has 1 aromatic carbocycles. The molecule has 1 unspecified atom stereocenters. The van der Waals surface area contributed by atoms with E-state index in [1.165, 1.54) is 5.56 Å². The zero-order chi connectivity index (χ0) is 13.9. The highest BCUT2D eigenvalue weighted by atomic mass is 14.9. The Balaban J connectivity index is 2.46. The summed E-state index contributed by atoms with van der Waals surface area (Å²) in [5, 5.41) is 15.0. The van der Waals surface area contributed by atoms with Gasteiger partial charge in [-0.3, -0.25) is 0 Å². The van der Waals surface area contributed by atoms with Crippen molar-refractivity contribution in [3.63, 3.8) is 0 Å². The Hall–Kier alpha value is -1.61. The van der Waals surface area contributed by atoms with Crippen LogP contribution in [0.5, 0.6) is 0 Å². The maximum Gasteiger partial charge on any atom is 0.0841 e. The van der Waals surface area contributed by atoms with E-state index < -0.39 is 0 Å². The fraction of sp³-hybridized carbons (Fsp3) is 0.500. The van der Waals surface area contributed by atoms with Gasteiger partial charge in [0.1, 0.15) is 0 Å². The van der Waals surface area contributed by atoms with Crippen LogP contribution >= 0.6 is 0 Å². The van der Waals surface area contributed by atoms with E-state index in [9.17, 15) is 0 Å². The largest absolute Gasteiger partial charge is 0.399 e. The molecule has 0 heterocycles. The quantitative estimate of drug-likeness (QED) is 0.287. The Kier molecular flexibility index (Phi) is 7.59. The Morgan fingerprint density at radius 2 is 1.84 bits per heavy atom. The monoisotopic (exact) mass is 261 g/mol. The van der Waals surface area contributed by atoms with Crippen molar-refractivity contribution in [2.75, 3.05) is 38.5 Å². The highest BCUT2D eigenvalue weighted by Crippen LogP contribution is 2.10. The van der Waals surface area contributed by atoms with Gasteiger partial charge in [0.15, 0.2) is 0 Å². The average Bonchev–Trinajstić information content (AvgIpc) is 2.41. The number of nitrogens with zero attached hydrogens (tertiary/aromatic N) is 1. The molecule has 104 valence electrons. The smallest absolute Gasteiger partial charge is 0.0841 e. The van der Waals surface area contributed by atoms with Crippen molar-refractivity contribution in [3.8, 4) is 6.07 Å². The number of nitrogens with one attached hydrogen (secondary N) is 2. The minimum Gasteiger partial charge on any atom is -0.399 e. The molecule has 5 nitrogen and oxygen atoms in total. The topological polar surface area (TPSA) is 99.9 Å². The lowest BCUT2D eigenvalue weighted by Gasteiger charge is -2.18. The molecule has 0 aliphatic carbocycles. The highest BCUT2D eigenvalue weighted by Gasteiger charge is 2.09. The molecule has 0 fully saturated rings. The summed E-state index contributed by atoms with van der Waals surface area (Å²) in [7, 11) is 0. The van der Waals surface area contributed by atoms with E-state index in [0.717, 1.165) is 31.7 Å². The predicted octanol–water partition coefficient (Wildman–Crippen LogP) is 0.0890. The Morgan fingerprint density at radius 3 is 2.47 bits per heavy atom. The van der Waals surface area contributed by atoms with Crippen LogP contribution < -0.4 is 22.1 Å². The summed E-state index contributed by atoms with van der Waals surface area (Å²) >= 11 is 0. The molecule has 0 aliphatic heterocycles. The summed E-state index contributed by atoms with van der Waals surface area (Å²) in [6.45, 7) is 3.54. The van der Waals surface area contributed by atoms with Gasteiger partial charge in [-0.25, -0.2) is 0 Å². The van der Waals surface area contributed by atoms with Crippen LogP contribution in [0.4, 0.5) is 5.69 Å². The molecule has 5 heteroatoms. The number of benzene rings is 1. The molecule has 1 rings (SSSR count). The lowest BCUT2D eigenvalue weighted by atomic mass is 9.99. The number of rotatable bonds is 9. The second-order valence-electron chi connectivity index (χ2n) is 4.59. The molecule has 0 aromatic heterocycles. The van der Waals surface area contributed by atoms with E-state index >= 15 is 0 Å². The van der Waals surface area contributed by atoms with Crippen LogP contribution in [-0.2, 0) is 6.42 Å². The van der Waals surface area contributed by atoms with Crippen molar-refractivity contribution in [3.05, 3.63) is 29.8 Å². The molecule has 0 saturated heterocycles. The van der Waals surface area contributed by atoms with Crippen molar-refractivity contribution >= 4 is 5.69 Å². The molecule has 0 bridgehead atoms. The highest BCUT2D eigenvalue weighted by molar-refractivity contribution is 5.39. The Bertz CT molecular complexity index is 382. The first-order valence-electron chi connectivity index (χ1n) is 6.59. The van der Waals surface area contributed by atoms with Gasteiger partial charge >= 0.3 is 0 Å². The van der Waals surface area contributed by atoms with Crippen LogP contribution in [0.25, 0.3) is 0 Å². The third-order valence-electron chi connectivity index (χ3n) is 2.90. The summed E-state index contributed by atoms with van der Waals surface area (Å²) in [6.07, 6.45) is 0.955. The second kappa shape index (κ2) is 9.34. The van der Waals surface area contributed by atoms with Crippen LogP contribution in [-0.4, -0.2) is 32.7 Å². The number of nitrogen functional groups attached to an aromatic ring is 1. The fourth-order valence-electron chi connectivity index (χ4n) is 1.94. The van der Waals surface area contributed by atoms with Gasteiger partial charge in [0, 0.05) is 25.3 Å². The molecular weight excluding hydrogens is 238 g/mol. The molecule has 0 aliphatic rings. The maximum absolute atomic E-state index is 8.56. The lowest BCUT2D eigenvalue weighted by molar-refractivity contribution is 0.452. The molecular formula is C14H23N5. The summed E-state index contributed by atoms with van der Waals surface area (Å²) < 4.78 is 0. The van der Waals surface area contributed by atoms with Crippen LogP contribution in [0.2, 0.25) is 0 Å². The van der Waals surface area contributed by atoms with Crippen molar-refractivity contribution in [2.24, 2.45) is 11.7 Å². The molecule has 0 saturated carbocycles. The molecule has 1 aromatic rings. The second-order valence-corrected chi connectivity index (χ2v) is 4.59. The van der Waals surface area contributed by atoms with E-state index in [1.54, 1.807) is 0 Å². The van der Waals surface area contributed by atoms with Crippen molar-refractivity contribution in [2.45, 2.75) is 6.42 Å². The van der Waals surface area contributed by atoms with Crippen molar-refractivity contribution in [1.82, 2.24) is 10.6 Å². The molecule has 0 amide bonds. The lowest BCUT2D eigenvalue weighted by Crippen LogP contribution is -2.35. The van der Waals surface area contributed by atoms with Gasteiger partial charge in [-0.05, 0) is 36.6 Å². The first-order chi connectivity index (χ1) is 9.26. The molecule has 1 atom stereocenters. The summed E-state index contributed by atoms with van der Waals surface area (Å²) in [5.41, 5.74) is 13.2. The summed E-state index contributed by atoms with van der Waals surface area (Å²) in [4.78, 5) is 0. The minimum atomic E-state index is 0.384. The molecule has 19 heavy (non-hydrogen) atoms. The maximum atomic E-state index is 8.56. The number of anilines is 1. The number of hydrogen-bond acceptors (Lipinski definition) is 5. The van der Waals surface area contributed by atoms with Crippen LogP contribution in [0.3, 0.4) is 0 Å². The van der Waals surface area contributed by atoms with Gasteiger partial charge in [0.05, 0.1) is 12.6 Å². The predicted molar refractivity (Wildman–Crippen MR) is 78.5 cm³/mol. The normalized spacial score (nSPS) is 12.0. The van der Waals surface area contributed by atoms with Gasteiger partial charge < -0.3 is 22.1 Å². The molecule has 0 radical (unpaired) electrons. The average molecular weight is 261 g/mol. The first kappa shape index (κ1) is 15.4. The van der Waals surface area contributed by atoms with Crippen molar-refractivity contribution in [1.29, 1.82) is 5.26 Å². The van der Waals surface area contributed by atoms with Gasteiger partial charge in [-0.1, -0.05) is 12.1 Å². The third kappa shape index (κ3) is 6.77. The number of nitriles is 1. The van der Waals surface area contributed by atoms with E-state index in [2.05, 4.69) is 28.8 Å². The van der Waals surface area contributed by atoms with Gasteiger partial charge in [0.2, 0.25) is 0 Å². The van der Waals surface area contributed by atoms with E-state index in [4.69, 9.17) is 16.7 Å². The SMILES string of the molecule is N#CCNCC(CNCCN)Cc1ccc(N)cc1. The van der Waals surface area contributed by atoms with E-state index in [-0.39, 0.29) is 0 Å². The van der Waals surface area contributed by atoms with Crippen LogP contribution in [0.15, 0.2) is 24.3 Å². The van der Waals surface area contributed by atoms with E-state index in [0.29, 0.717) is 19.0 Å². The third-order valence-corrected chi connectivity index (χ3v) is 2.90. The molecule has 6 N–H and O–H groups in total. The number of nitrogens with two attached hydrogens (primary N) is 2. The summed E-state index contributed by atoms with van der Waals surface area (Å²) in [5.74, 6) is 0.434. The van der Waals surface area contributed by atoms with Crippen molar-refractivity contribution < 1.29 is 0 Å². The molecule has 0 spiro atoms. The van der Waals surface area contributed by atoms with Crippen LogP contribution in [0, 0.1) is 17.2 Å². The zero-order valence-electron chi connectivity index (χ0n) is 11.2. The number of hydrogen-bond donors (Lipinski definition) is 4. The van der Waals surface area contributed by atoms with E-state index in [1.807, 2.05) is 12.1 Å². The Morgan fingerprint density at radius 1 is 1.16 bits per heavy atom. The standard InChI is InChI=1S/C14H23N5/c15-5-7-18-10-13(11-19-8-6-16)9-12-1-3-14(17)4-2-12/h1-4,13,18-19H,5,7-11,15,17H2. The minimum absolute atomic E-state index is 0.384. The van der Waals surface area contributed by atoms with Gasteiger partial charge in [-0.15, -0.1) is 0 Å². The zero-order valence-corrected chi connectivity index (χ0v) is 11.2. The Labute approximate surface area is 115 Å². The van der Waals surface area contributed by atoms with Gasteiger partial charge in [0.25, 0.3) is 0 Å². The van der Waals surface area contributed by atoms with Crippen LogP contribution in [0.1, 0.15) is 5.56 Å². The summed E-state index contributed by atoms with van der Waals surface area (Å²) in [6, 6.07) is 10.0. The van der Waals surface area contributed by atoms with Gasteiger partial charge in [-0.2, -0.15) is 5.26 Å². The fourth-order valence-corrected chi connectivity index (χ4v) is 1.94.